The molecule has 1 heterocycles. The molecule has 1 aliphatic rings. The molecule has 1 fully saturated rings. The van der Waals surface area contributed by atoms with Crippen molar-refractivity contribution in [2.45, 2.75) is 44.8 Å². The third-order valence-corrected chi connectivity index (χ3v) is 2.37. The van der Waals surface area contributed by atoms with Crippen molar-refractivity contribution < 1.29 is 4.74 Å². The maximum absolute atomic E-state index is 5.66. The molecule has 0 amide bonds. The Hall–Kier alpha value is -0.520. The van der Waals surface area contributed by atoms with Crippen molar-refractivity contribution >= 4 is 0 Å². The minimum atomic E-state index is 0.431. The van der Waals surface area contributed by atoms with E-state index in [2.05, 4.69) is 18.2 Å². The number of ether oxygens (including phenoxy) is 1. The SMILES string of the molecule is C#CCCCNCC1CCC(C)O1. The van der Waals surface area contributed by atoms with Gasteiger partial charge < -0.3 is 10.1 Å². The second kappa shape index (κ2) is 6.01. The van der Waals surface area contributed by atoms with Crippen molar-refractivity contribution in [1.29, 1.82) is 0 Å². The largest absolute Gasteiger partial charge is 0.374 e. The summed E-state index contributed by atoms with van der Waals surface area (Å²) in [5.41, 5.74) is 0. The van der Waals surface area contributed by atoms with Crippen molar-refractivity contribution in [3.05, 3.63) is 0 Å². The predicted octanol–water partition coefficient (Wildman–Crippen LogP) is 1.56. The van der Waals surface area contributed by atoms with E-state index in [1.807, 2.05) is 0 Å². The summed E-state index contributed by atoms with van der Waals surface area (Å²) in [5.74, 6) is 2.63. The Morgan fingerprint density at radius 2 is 2.38 bits per heavy atom. The van der Waals surface area contributed by atoms with Gasteiger partial charge >= 0.3 is 0 Å². The quantitative estimate of drug-likeness (QED) is 0.513. The van der Waals surface area contributed by atoms with Crippen LogP contribution in [0.1, 0.15) is 32.6 Å². The zero-order valence-corrected chi connectivity index (χ0v) is 8.38. The van der Waals surface area contributed by atoms with E-state index < -0.39 is 0 Å². The van der Waals surface area contributed by atoms with Gasteiger partial charge in [0.25, 0.3) is 0 Å². The van der Waals surface area contributed by atoms with E-state index >= 15 is 0 Å². The van der Waals surface area contributed by atoms with Crippen molar-refractivity contribution in [3.63, 3.8) is 0 Å². The molecule has 0 aromatic heterocycles. The molecule has 0 aliphatic carbocycles. The van der Waals surface area contributed by atoms with Crippen LogP contribution in [0.15, 0.2) is 0 Å². The lowest BCUT2D eigenvalue weighted by molar-refractivity contribution is 0.0561. The Bertz CT molecular complexity index is 173. The lowest BCUT2D eigenvalue weighted by Gasteiger charge is -2.11. The molecule has 2 nitrogen and oxygen atoms in total. The molecular formula is C11H19NO. The molecule has 1 saturated heterocycles. The molecule has 2 heteroatoms. The van der Waals surface area contributed by atoms with Gasteiger partial charge in [0.05, 0.1) is 12.2 Å². The lowest BCUT2D eigenvalue weighted by atomic mass is 10.2. The molecule has 0 aromatic rings. The molecule has 0 bridgehead atoms. The first-order valence-corrected chi connectivity index (χ1v) is 5.12. The first kappa shape index (κ1) is 10.6. The van der Waals surface area contributed by atoms with Gasteiger partial charge in [-0.2, -0.15) is 0 Å². The Kier molecular flexibility index (Phi) is 4.88. The zero-order chi connectivity index (χ0) is 9.52. The number of hydrogen-bond donors (Lipinski definition) is 1. The standard InChI is InChI=1S/C11H19NO/c1-3-4-5-8-12-9-11-7-6-10(2)13-11/h1,10-12H,4-9H2,2H3. The number of nitrogens with one attached hydrogen (secondary N) is 1. The summed E-state index contributed by atoms with van der Waals surface area (Å²) < 4.78 is 5.66. The Balaban J connectivity index is 1.92. The van der Waals surface area contributed by atoms with Crippen LogP contribution in [0.2, 0.25) is 0 Å². The summed E-state index contributed by atoms with van der Waals surface area (Å²) in [4.78, 5) is 0. The second-order valence-electron chi connectivity index (χ2n) is 3.66. The van der Waals surface area contributed by atoms with Crippen LogP contribution in [0.25, 0.3) is 0 Å². The first-order valence-electron chi connectivity index (χ1n) is 5.12. The van der Waals surface area contributed by atoms with Crippen molar-refractivity contribution in [2.24, 2.45) is 0 Å². The van der Waals surface area contributed by atoms with Gasteiger partial charge in [0.1, 0.15) is 0 Å². The van der Waals surface area contributed by atoms with E-state index in [4.69, 9.17) is 11.2 Å². The fraction of sp³-hybridized carbons (Fsp3) is 0.818. The van der Waals surface area contributed by atoms with Gasteiger partial charge in [0, 0.05) is 13.0 Å². The molecule has 74 valence electrons. The molecule has 1 N–H and O–H groups in total. The van der Waals surface area contributed by atoms with E-state index in [0.29, 0.717) is 12.2 Å². The average Bonchev–Trinajstić information content (AvgIpc) is 2.51. The minimum absolute atomic E-state index is 0.431. The normalized spacial score (nSPS) is 27.4. The summed E-state index contributed by atoms with van der Waals surface area (Å²) in [6, 6.07) is 0. The number of rotatable bonds is 5. The summed E-state index contributed by atoms with van der Waals surface area (Å²) in [6.07, 6.45) is 10.4. The van der Waals surface area contributed by atoms with E-state index in [1.165, 1.54) is 12.8 Å². The second-order valence-corrected chi connectivity index (χ2v) is 3.66. The van der Waals surface area contributed by atoms with Gasteiger partial charge in [-0.3, -0.25) is 0 Å². The van der Waals surface area contributed by atoms with Crippen molar-refractivity contribution in [1.82, 2.24) is 5.32 Å². The summed E-state index contributed by atoms with van der Waals surface area (Å²) >= 11 is 0. The molecule has 1 aliphatic heterocycles. The van der Waals surface area contributed by atoms with Crippen LogP contribution in [-0.4, -0.2) is 25.3 Å². The van der Waals surface area contributed by atoms with Gasteiger partial charge in [-0.25, -0.2) is 0 Å². The van der Waals surface area contributed by atoms with Gasteiger partial charge in [-0.05, 0) is 32.7 Å². The Labute approximate surface area is 81.0 Å². The van der Waals surface area contributed by atoms with Gasteiger partial charge in [-0.15, -0.1) is 12.3 Å². The molecule has 1 rings (SSSR count). The van der Waals surface area contributed by atoms with E-state index in [-0.39, 0.29) is 0 Å². The maximum atomic E-state index is 5.66. The summed E-state index contributed by atoms with van der Waals surface area (Å²) in [5, 5.41) is 3.36. The smallest absolute Gasteiger partial charge is 0.0704 e. The van der Waals surface area contributed by atoms with Crippen molar-refractivity contribution in [3.8, 4) is 12.3 Å². The third kappa shape index (κ3) is 4.31. The van der Waals surface area contributed by atoms with Crippen LogP contribution in [0.4, 0.5) is 0 Å². The highest BCUT2D eigenvalue weighted by atomic mass is 16.5. The number of hydrogen-bond acceptors (Lipinski definition) is 2. The summed E-state index contributed by atoms with van der Waals surface area (Å²) in [6.45, 7) is 4.13. The average molecular weight is 181 g/mol. The molecule has 2 unspecified atom stereocenters. The van der Waals surface area contributed by atoms with E-state index in [1.54, 1.807) is 0 Å². The highest BCUT2D eigenvalue weighted by Crippen LogP contribution is 2.17. The first-order chi connectivity index (χ1) is 6.33. The van der Waals surface area contributed by atoms with Gasteiger partial charge in [0.2, 0.25) is 0 Å². The Morgan fingerprint density at radius 3 is 3.00 bits per heavy atom. The van der Waals surface area contributed by atoms with Gasteiger partial charge in [-0.1, -0.05) is 0 Å². The van der Waals surface area contributed by atoms with Gasteiger partial charge in [0.15, 0.2) is 0 Å². The molecule has 2 atom stereocenters. The van der Waals surface area contributed by atoms with Crippen LogP contribution in [0.5, 0.6) is 0 Å². The van der Waals surface area contributed by atoms with E-state index in [0.717, 1.165) is 25.9 Å². The molecule has 0 spiro atoms. The fourth-order valence-corrected chi connectivity index (χ4v) is 1.61. The minimum Gasteiger partial charge on any atom is -0.374 e. The topological polar surface area (TPSA) is 21.3 Å². The summed E-state index contributed by atoms with van der Waals surface area (Å²) in [7, 11) is 0. The van der Waals surface area contributed by atoms with Crippen molar-refractivity contribution in [2.75, 3.05) is 13.1 Å². The van der Waals surface area contributed by atoms with Crippen LogP contribution in [0, 0.1) is 12.3 Å². The molecule has 13 heavy (non-hydrogen) atoms. The number of unbranched alkanes of at least 4 members (excludes halogenated alkanes) is 1. The molecule has 0 saturated carbocycles. The zero-order valence-electron chi connectivity index (χ0n) is 8.38. The molecule has 0 aromatic carbocycles. The van der Waals surface area contributed by atoms with E-state index in [9.17, 15) is 0 Å². The lowest BCUT2D eigenvalue weighted by Crippen LogP contribution is -2.27. The maximum Gasteiger partial charge on any atom is 0.0704 e. The molecular weight excluding hydrogens is 162 g/mol. The number of terminal acetylenes is 1. The molecule has 0 radical (unpaired) electrons. The van der Waals surface area contributed by atoms with Crippen LogP contribution < -0.4 is 5.32 Å². The van der Waals surface area contributed by atoms with Crippen LogP contribution in [-0.2, 0) is 4.74 Å². The van der Waals surface area contributed by atoms with Crippen LogP contribution >= 0.6 is 0 Å². The van der Waals surface area contributed by atoms with Crippen LogP contribution in [0.3, 0.4) is 0 Å². The monoisotopic (exact) mass is 181 g/mol. The third-order valence-electron chi connectivity index (χ3n) is 2.37. The highest BCUT2D eigenvalue weighted by molar-refractivity contribution is 4.83. The fourth-order valence-electron chi connectivity index (χ4n) is 1.61. The predicted molar refractivity (Wildman–Crippen MR) is 54.5 cm³/mol. The Morgan fingerprint density at radius 1 is 1.54 bits per heavy atom. The highest BCUT2D eigenvalue weighted by Gasteiger charge is 2.20.